The summed E-state index contributed by atoms with van der Waals surface area (Å²) in [5, 5.41) is 5.86. The van der Waals surface area contributed by atoms with Crippen molar-refractivity contribution in [2.45, 2.75) is 46.6 Å². The first kappa shape index (κ1) is 17.3. The average molecular weight is 317 g/mol. The third-order valence-electron chi connectivity index (χ3n) is 3.72. The second-order valence-electron chi connectivity index (χ2n) is 8.01. The minimum absolute atomic E-state index is 0.0864. The van der Waals surface area contributed by atoms with Crippen molar-refractivity contribution < 1.29 is 9.59 Å². The molecular weight excluding hydrogens is 290 g/mol. The van der Waals surface area contributed by atoms with Gasteiger partial charge in [-0.05, 0) is 49.9 Å². The number of benzene rings is 1. The number of anilines is 1. The Morgan fingerprint density at radius 1 is 1.17 bits per heavy atom. The van der Waals surface area contributed by atoms with Crippen LogP contribution in [0.25, 0.3) is 0 Å². The number of urea groups is 1. The fraction of sp³-hybridized carbons (Fsp3) is 0.556. The highest BCUT2D eigenvalue weighted by atomic mass is 16.2. The molecule has 1 fully saturated rings. The Morgan fingerprint density at radius 2 is 1.78 bits per heavy atom. The number of nitrogens with one attached hydrogen (secondary N) is 2. The average Bonchev–Trinajstić information content (AvgIpc) is 2.81. The van der Waals surface area contributed by atoms with Crippen molar-refractivity contribution in [2.75, 3.05) is 18.0 Å². The van der Waals surface area contributed by atoms with Gasteiger partial charge in [-0.25, -0.2) is 4.79 Å². The van der Waals surface area contributed by atoms with Gasteiger partial charge >= 0.3 is 6.03 Å². The zero-order chi connectivity index (χ0) is 17.3. The van der Waals surface area contributed by atoms with Crippen LogP contribution in [0.1, 0.15) is 51.4 Å². The minimum Gasteiger partial charge on any atom is -0.347 e. The Kier molecular flexibility index (Phi) is 4.68. The molecule has 0 atom stereocenters. The Labute approximate surface area is 138 Å². The van der Waals surface area contributed by atoms with E-state index in [1.54, 1.807) is 17.0 Å². The van der Waals surface area contributed by atoms with E-state index in [-0.39, 0.29) is 22.9 Å². The third-order valence-corrected chi connectivity index (χ3v) is 3.72. The first-order valence-electron chi connectivity index (χ1n) is 8.05. The van der Waals surface area contributed by atoms with Gasteiger partial charge in [-0.1, -0.05) is 20.8 Å². The normalized spacial score (nSPS) is 15.5. The highest BCUT2D eigenvalue weighted by Crippen LogP contribution is 2.27. The van der Waals surface area contributed by atoms with Gasteiger partial charge in [0.1, 0.15) is 0 Å². The molecule has 0 spiro atoms. The zero-order valence-corrected chi connectivity index (χ0v) is 14.7. The maximum absolute atomic E-state index is 12.4. The molecule has 0 bridgehead atoms. The summed E-state index contributed by atoms with van der Waals surface area (Å²) < 4.78 is 0. The SMILES string of the molecule is CC(C)(C)CC(C)(C)NC(=O)c1ccc(N2CCNC2=O)cc1. The first-order valence-corrected chi connectivity index (χ1v) is 8.05. The number of carbonyl (C=O) groups excluding carboxylic acids is 2. The number of amides is 3. The van der Waals surface area contributed by atoms with Gasteiger partial charge in [0.05, 0.1) is 0 Å². The van der Waals surface area contributed by atoms with Crippen LogP contribution in [0.2, 0.25) is 0 Å². The van der Waals surface area contributed by atoms with Crippen molar-refractivity contribution in [1.82, 2.24) is 10.6 Å². The van der Waals surface area contributed by atoms with Crippen LogP contribution >= 0.6 is 0 Å². The van der Waals surface area contributed by atoms with E-state index >= 15 is 0 Å². The molecule has 126 valence electrons. The van der Waals surface area contributed by atoms with E-state index in [9.17, 15) is 9.59 Å². The van der Waals surface area contributed by atoms with Crippen molar-refractivity contribution in [2.24, 2.45) is 5.41 Å². The number of hydrogen-bond donors (Lipinski definition) is 2. The van der Waals surface area contributed by atoms with E-state index in [1.165, 1.54) is 0 Å². The third kappa shape index (κ3) is 4.71. The van der Waals surface area contributed by atoms with Crippen molar-refractivity contribution in [3.8, 4) is 0 Å². The fourth-order valence-corrected chi connectivity index (χ4v) is 3.26. The van der Waals surface area contributed by atoms with Crippen LogP contribution in [0.4, 0.5) is 10.5 Å². The van der Waals surface area contributed by atoms with Gasteiger partial charge in [-0.2, -0.15) is 0 Å². The molecular formula is C18H27N3O2. The molecule has 23 heavy (non-hydrogen) atoms. The van der Waals surface area contributed by atoms with Crippen LogP contribution in [0.3, 0.4) is 0 Å². The Bertz CT molecular complexity index is 585. The van der Waals surface area contributed by atoms with Gasteiger partial charge in [0.25, 0.3) is 5.91 Å². The van der Waals surface area contributed by atoms with Crippen molar-refractivity contribution in [3.63, 3.8) is 0 Å². The highest BCUT2D eigenvalue weighted by Gasteiger charge is 2.27. The van der Waals surface area contributed by atoms with Crippen LogP contribution in [-0.4, -0.2) is 30.6 Å². The molecule has 5 heteroatoms. The molecule has 0 radical (unpaired) electrons. The molecule has 0 aliphatic carbocycles. The van der Waals surface area contributed by atoms with Gasteiger partial charge in [0.15, 0.2) is 0 Å². The number of nitrogens with zero attached hydrogens (tertiary/aromatic N) is 1. The van der Waals surface area contributed by atoms with E-state index in [0.717, 1.165) is 12.1 Å². The summed E-state index contributed by atoms with van der Waals surface area (Å²) in [6.07, 6.45) is 0.887. The summed E-state index contributed by atoms with van der Waals surface area (Å²) in [6.45, 7) is 11.9. The summed E-state index contributed by atoms with van der Waals surface area (Å²) in [5.41, 5.74) is 1.29. The number of hydrogen-bond acceptors (Lipinski definition) is 2. The molecule has 2 rings (SSSR count). The van der Waals surface area contributed by atoms with Crippen molar-refractivity contribution >= 4 is 17.6 Å². The largest absolute Gasteiger partial charge is 0.347 e. The van der Waals surface area contributed by atoms with Crippen LogP contribution < -0.4 is 15.5 Å². The molecule has 1 aromatic carbocycles. The molecule has 1 saturated heterocycles. The second kappa shape index (κ2) is 6.22. The molecule has 1 heterocycles. The zero-order valence-electron chi connectivity index (χ0n) is 14.7. The lowest BCUT2D eigenvalue weighted by Gasteiger charge is -2.33. The molecule has 5 nitrogen and oxygen atoms in total. The molecule has 3 amide bonds. The molecule has 1 aliphatic rings. The lowest BCUT2D eigenvalue weighted by Crippen LogP contribution is -2.45. The van der Waals surface area contributed by atoms with Crippen LogP contribution in [0.15, 0.2) is 24.3 Å². The van der Waals surface area contributed by atoms with E-state index in [1.807, 2.05) is 26.0 Å². The van der Waals surface area contributed by atoms with Gasteiger partial charge < -0.3 is 10.6 Å². The van der Waals surface area contributed by atoms with Crippen LogP contribution in [-0.2, 0) is 0 Å². The maximum Gasteiger partial charge on any atom is 0.321 e. The molecule has 0 unspecified atom stereocenters. The lowest BCUT2D eigenvalue weighted by atomic mass is 9.81. The molecule has 1 aromatic rings. The number of carbonyl (C=O) groups is 2. The Morgan fingerprint density at radius 3 is 2.26 bits per heavy atom. The van der Waals surface area contributed by atoms with Gasteiger partial charge in [0.2, 0.25) is 0 Å². The summed E-state index contributed by atoms with van der Waals surface area (Å²) >= 11 is 0. The summed E-state index contributed by atoms with van der Waals surface area (Å²) in [7, 11) is 0. The maximum atomic E-state index is 12.4. The van der Waals surface area contributed by atoms with Crippen molar-refractivity contribution in [1.29, 1.82) is 0 Å². The molecule has 0 aromatic heterocycles. The second-order valence-corrected chi connectivity index (χ2v) is 8.01. The summed E-state index contributed by atoms with van der Waals surface area (Å²) in [5.74, 6) is -0.0864. The number of rotatable bonds is 4. The fourth-order valence-electron chi connectivity index (χ4n) is 3.26. The Balaban J connectivity index is 2.04. The van der Waals surface area contributed by atoms with Gasteiger partial charge in [0, 0.05) is 29.9 Å². The molecule has 1 aliphatic heterocycles. The lowest BCUT2D eigenvalue weighted by molar-refractivity contribution is 0.0891. The van der Waals surface area contributed by atoms with Crippen molar-refractivity contribution in [3.05, 3.63) is 29.8 Å². The van der Waals surface area contributed by atoms with Gasteiger partial charge in [-0.15, -0.1) is 0 Å². The minimum atomic E-state index is -0.275. The first-order chi connectivity index (χ1) is 10.6. The summed E-state index contributed by atoms with van der Waals surface area (Å²) in [6, 6.07) is 7.08. The smallest absolute Gasteiger partial charge is 0.321 e. The molecule has 0 saturated carbocycles. The topological polar surface area (TPSA) is 61.4 Å². The predicted octanol–water partition coefficient (Wildman–Crippen LogP) is 3.16. The van der Waals surface area contributed by atoms with Crippen LogP contribution in [0.5, 0.6) is 0 Å². The van der Waals surface area contributed by atoms with E-state index in [2.05, 4.69) is 31.4 Å². The van der Waals surface area contributed by atoms with E-state index < -0.39 is 0 Å². The predicted molar refractivity (Wildman–Crippen MR) is 92.8 cm³/mol. The standard InChI is InChI=1S/C18H27N3O2/c1-17(2,3)12-18(4,5)20-15(22)13-6-8-14(9-7-13)21-11-10-19-16(21)23/h6-9H,10-12H2,1-5H3,(H,19,23)(H,20,22). The highest BCUT2D eigenvalue weighted by molar-refractivity contribution is 5.97. The van der Waals surface area contributed by atoms with Gasteiger partial charge in [-0.3, -0.25) is 9.69 Å². The molecule has 2 N–H and O–H groups in total. The quantitative estimate of drug-likeness (QED) is 0.896. The summed E-state index contributed by atoms with van der Waals surface area (Å²) in [4.78, 5) is 25.8. The van der Waals surface area contributed by atoms with E-state index in [0.29, 0.717) is 18.7 Å². The van der Waals surface area contributed by atoms with E-state index in [4.69, 9.17) is 0 Å². The van der Waals surface area contributed by atoms with Crippen LogP contribution in [0, 0.1) is 5.41 Å². The monoisotopic (exact) mass is 317 g/mol. The Hall–Kier alpha value is -2.04.